The van der Waals surface area contributed by atoms with Crippen LogP contribution in [-0.2, 0) is 33.3 Å². The van der Waals surface area contributed by atoms with Gasteiger partial charge in [0, 0.05) is 6.42 Å². The fourth-order valence-corrected chi connectivity index (χ4v) is 3.73. The number of carbonyl (C=O) groups is 3. The maximum absolute atomic E-state index is 15.0. The van der Waals surface area contributed by atoms with Gasteiger partial charge in [0.05, 0.1) is 17.4 Å². The lowest BCUT2D eigenvalue weighted by Crippen LogP contribution is -2.70. The van der Waals surface area contributed by atoms with E-state index in [4.69, 9.17) is 4.74 Å². The minimum Gasteiger partial charge on any atom is -0.455 e. The van der Waals surface area contributed by atoms with Gasteiger partial charge in [-0.05, 0) is 67.2 Å². The largest absolute Gasteiger partial charge is 0.462 e. The molecule has 1 saturated heterocycles. The second-order valence-electron chi connectivity index (χ2n) is 13.8. The molecule has 1 fully saturated rings. The van der Waals surface area contributed by atoms with Crippen molar-refractivity contribution in [2.75, 3.05) is 6.61 Å². The Balaban J connectivity index is 0.000000952. The number of alkyl halides is 11. The van der Waals surface area contributed by atoms with E-state index < -0.39 is 94.7 Å². The van der Waals surface area contributed by atoms with Crippen LogP contribution in [-0.4, -0.2) is 76.7 Å². The highest BCUT2D eigenvalue weighted by atomic mass is 19.4. The third-order valence-electron chi connectivity index (χ3n) is 8.06. The molecule has 1 heterocycles. The van der Waals surface area contributed by atoms with Crippen LogP contribution < -0.4 is 0 Å². The molecule has 48 heavy (non-hydrogen) atoms. The van der Waals surface area contributed by atoms with Gasteiger partial charge in [-0.15, -0.1) is 0 Å². The minimum absolute atomic E-state index is 0.137. The molecule has 2 unspecified atom stereocenters. The SMILES string of the molecule is CCC(C)(C)C(=O)OC(C)(C)C(O)(C(F)(F)F)C(F)(F)F.CCC(C)(C)C(=O)OC1(C)COC(OC(=O)CC(C)C)(C(F)(F)F)C1(F)F. The van der Waals surface area contributed by atoms with Crippen LogP contribution in [0.5, 0.6) is 0 Å². The second kappa shape index (κ2) is 14.1. The summed E-state index contributed by atoms with van der Waals surface area (Å²) in [5.41, 5.74) is -13.9. The average Bonchev–Trinajstić information content (AvgIpc) is 3.07. The fraction of sp³-hybridized carbons (Fsp3) is 0.897. The molecule has 0 aromatic heterocycles. The normalized spacial score (nSPS) is 22.5. The number of aliphatic hydroxyl groups is 1. The molecule has 0 aromatic rings. The molecule has 19 heteroatoms. The number of ether oxygens (including phenoxy) is 4. The summed E-state index contributed by atoms with van der Waals surface area (Å²) in [7, 11) is 0. The van der Waals surface area contributed by atoms with Gasteiger partial charge in [-0.3, -0.25) is 14.4 Å². The summed E-state index contributed by atoms with van der Waals surface area (Å²) >= 11 is 0. The van der Waals surface area contributed by atoms with E-state index in [1.807, 2.05) is 0 Å². The first-order valence-electron chi connectivity index (χ1n) is 14.5. The first-order chi connectivity index (χ1) is 20.9. The monoisotopic (exact) mass is 728 g/mol. The molecule has 0 radical (unpaired) electrons. The van der Waals surface area contributed by atoms with Crippen LogP contribution in [0, 0.1) is 16.7 Å². The summed E-state index contributed by atoms with van der Waals surface area (Å²) in [5, 5.41) is 9.27. The summed E-state index contributed by atoms with van der Waals surface area (Å²) < 4.78 is 165. The number of hydrogen-bond donors (Lipinski definition) is 1. The third kappa shape index (κ3) is 8.64. The van der Waals surface area contributed by atoms with E-state index in [1.165, 1.54) is 48.5 Å². The van der Waals surface area contributed by atoms with E-state index in [0.717, 1.165) is 0 Å². The lowest BCUT2D eigenvalue weighted by Gasteiger charge is -2.44. The van der Waals surface area contributed by atoms with E-state index in [2.05, 4.69) is 14.2 Å². The van der Waals surface area contributed by atoms with Crippen molar-refractivity contribution in [3.8, 4) is 0 Å². The number of esters is 3. The Kier molecular flexibility index (Phi) is 13.3. The number of rotatable bonds is 10. The predicted molar refractivity (Wildman–Crippen MR) is 145 cm³/mol. The van der Waals surface area contributed by atoms with Gasteiger partial charge >= 0.3 is 48.1 Å². The summed E-state index contributed by atoms with van der Waals surface area (Å²) in [6.45, 7) is 11.7. The smallest absolute Gasteiger partial charge is 0.455 e. The van der Waals surface area contributed by atoms with E-state index in [1.54, 1.807) is 6.92 Å². The van der Waals surface area contributed by atoms with Gasteiger partial charge in [-0.2, -0.15) is 48.3 Å². The molecular weight excluding hydrogens is 685 g/mol. The zero-order valence-electron chi connectivity index (χ0n) is 28.4. The molecule has 1 aliphatic heterocycles. The van der Waals surface area contributed by atoms with Crippen LogP contribution in [0.4, 0.5) is 48.3 Å². The molecule has 2 atom stereocenters. The Morgan fingerprint density at radius 2 is 1.17 bits per heavy atom. The Morgan fingerprint density at radius 1 is 0.771 bits per heavy atom. The van der Waals surface area contributed by atoms with Gasteiger partial charge in [-0.1, -0.05) is 27.7 Å². The van der Waals surface area contributed by atoms with Crippen molar-refractivity contribution in [1.82, 2.24) is 0 Å². The van der Waals surface area contributed by atoms with Crippen molar-refractivity contribution in [3.05, 3.63) is 0 Å². The summed E-state index contributed by atoms with van der Waals surface area (Å²) in [5.74, 6) is -13.7. The predicted octanol–water partition coefficient (Wildman–Crippen LogP) is 7.84. The molecule has 8 nitrogen and oxygen atoms in total. The Hall–Kier alpha value is -2.44. The van der Waals surface area contributed by atoms with Gasteiger partial charge in [0.1, 0.15) is 0 Å². The van der Waals surface area contributed by atoms with E-state index in [0.29, 0.717) is 20.8 Å². The van der Waals surface area contributed by atoms with Crippen LogP contribution >= 0.6 is 0 Å². The van der Waals surface area contributed by atoms with Crippen molar-refractivity contribution in [2.24, 2.45) is 16.7 Å². The molecule has 0 saturated carbocycles. The number of hydrogen-bond acceptors (Lipinski definition) is 8. The molecule has 1 rings (SSSR count). The molecule has 1 aliphatic rings. The van der Waals surface area contributed by atoms with Gasteiger partial charge in [0.15, 0.2) is 5.60 Å². The number of carbonyl (C=O) groups excluding carboxylic acids is 3. The van der Waals surface area contributed by atoms with E-state index >= 15 is 0 Å². The lowest BCUT2D eigenvalue weighted by atomic mass is 9.83. The molecule has 1 N–H and O–H groups in total. The quantitative estimate of drug-likeness (QED) is 0.138. The van der Waals surface area contributed by atoms with Gasteiger partial charge in [-0.25, -0.2) is 0 Å². The van der Waals surface area contributed by atoms with Crippen LogP contribution in [0.2, 0.25) is 0 Å². The van der Waals surface area contributed by atoms with Crippen molar-refractivity contribution in [1.29, 1.82) is 0 Å². The van der Waals surface area contributed by atoms with Gasteiger partial charge in [0.25, 0.3) is 5.60 Å². The van der Waals surface area contributed by atoms with Crippen LogP contribution in [0.15, 0.2) is 0 Å². The standard InChI is InChI=1S/C17H25F5O5.C12H18F6O3/c1-7-13(4,5)12(24)27-14(6)9-25-16(15(14,18)19,17(20,21)22)26-11(23)8-10(2)3;1-6-8(2,3)7(19)21-9(4,5)10(20,11(13,14)15)12(16,17)18/h10H,7-9H2,1-6H3;20H,6H2,1-5H3. The van der Waals surface area contributed by atoms with E-state index in [-0.39, 0.29) is 12.8 Å². The maximum atomic E-state index is 15.0. The Bertz CT molecular complexity index is 1140. The van der Waals surface area contributed by atoms with Crippen molar-refractivity contribution in [2.45, 2.75) is 142 Å². The molecule has 0 spiro atoms. The molecule has 0 aromatic carbocycles. The third-order valence-corrected chi connectivity index (χ3v) is 8.06. The summed E-state index contributed by atoms with van der Waals surface area (Å²) in [4.78, 5) is 35.7. The Labute approximate surface area is 271 Å². The first-order valence-corrected chi connectivity index (χ1v) is 14.5. The van der Waals surface area contributed by atoms with Gasteiger partial charge in [0.2, 0.25) is 5.60 Å². The summed E-state index contributed by atoms with van der Waals surface area (Å²) in [6, 6.07) is 0. The topological polar surface area (TPSA) is 108 Å². The fourth-order valence-electron chi connectivity index (χ4n) is 3.73. The molecule has 0 aliphatic carbocycles. The maximum Gasteiger partial charge on any atom is 0.462 e. The number of halogens is 11. The van der Waals surface area contributed by atoms with Crippen molar-refractivity contribution in [3.63, 3.8) is 0 Å². The highest BCUT2D eigenvalue weighted by Gasteiger charge is 2.86. The molecule has 284 valence electrons. The van der Waals surface area contributed by atoms with E-state index in [9.17, 15) is 67.8 Å². The molecular formula is C29H43F11O8. The zero-order chi connectivity index (χ0) is 39.0. The van der Waals surface area contributed by atoms with Crippen molar-refractivity contribution >= 4 is 17.9 Å². The second-order valence-corrected chi connectivity index (χ2v) is 13.8. The zero-order valence-corrected chi connectivity index (χ0v) is 28.4. The molecule has 0 bridgehead atoms. The van der Waals surface area contributed by atoms with Crippen LogP contribution in [0.25, 0.3) is 0 Å². The highest BCUT2D eigenvalue weighted by molar-refractivity contribution is 5.77. The van der Waals surface area contributed by atoms with Crippen LogP contribution in [0.1, 0.15) is 95.4 Å². The average molecular weight is 729 g/mol. The minimum atomic E-state index is -6.06. The molecule has 0 amide bonds. The van der Waals surface area contributed by atoms with Crippen molar-refractivity contribution < 1.29 is 86.7 Å². The van der Waals surface area contributed by atoms with Crippen LogP contribution in [0.3, 0.4) is 0 Å². The van der Waals surface area contributed by atoms with Gasteiger partial charge < -0.3 is 24.1 Å². The lowest BCUT2D eigenvalue weighted by molar-refractivity contribution is -0.409. The Morgan fingerprint density at radius 3 is 1.50 bits per heavy atom. The summed E-state index contributed by atoms with van der Waals surface area (Å²) in [6.07, 6.45) is -18.1. The highest BCUT2D eigenvalue weighted by Crippen LogP contribution is 2.57. The first kappa shape index (κ1) is 45.6.